The highest BCUT2D eigenvalue weighted by molar-refractivity contribution is 5.84. The van der Waals surface area contributed by atoms with E-state index in [-0.39, 0.29) is 0 Å². The molecule has 0 saturated heterocycles. The fourth-order valence-electron chi connectivity index (χ4n) is 5.59. The lowest BCUT2D eigenvalue weighted by Gasteiger charge is -2.01. The van der Waals surface area contributed by atoms with Crippen molar-refractivity contribution in [2.24, 2.45) is 0 Å². The molecule has 7 aromatic heterocycles. The Labute approximate surface area is 376 Å². The van der Waals surface area contributed by atoms with E-state index in [2.05, 4.69) is 112 Å². The van der Waals surface area contributed by atoms with Crippen molar-refractivity contribution in [1.29, 1.82) is 0 Å². The molecule has 2 aromatic carbocycles. The van der Waals surface area contributed by atoms with Gasteiger partial charge in [0.1, 0.15) is 35.4 Å². The molecule has 0 bridgehead atoms. The summed E-state index contributed by atoms with van der Waals surface area (Å²) in [5, 5.41) is 21.6. The van der Waals surface area contributed by atoms with Crippen molar-refractivity contribution in [3.05, 3.63) is 178 Å². The van der Waals surface area contributed by atoms with E-state index in [4.69, 9.17) is 0 Å². The summed E-state index contributed by atoms with van der Waals surface area (Å²) in [6.45, 7) is 26.8. The van der Waals surface area contributed by atoms with Crippen molar-refractivity contribution < 1.29 is 0 Å². The van der Waals surface area contributed by atoms with Gasteiger partial charge in [-0.15, -0.1) is 15.3 Å². The van der Waals surface area contributed by atoms with Gasteiger partial charge in [0.05, 0.1) is 17.4 Å². The molecule has 0 atom stereocenters. The molecule has 16 heteroatoms. The average molecular weight is 859 g/mol. The first-order chi connectivity index (χ1) is 30.5. The summed E-state index contributed by atoms with van der Waals surface area (Å²) in [4.78, 5) is 44.7. The predicted octanol–water partition coefficient (Wildman–Crippen LogP) is 8.75. The summed E-state index contributed by atoms with van der Waals surface area (Å²) >= 11 is 0. The fourth-order valence-corrected chi connectivity index (χ4v) is 5.59. The van der Waals surface area contributed by atoms with Crippen LogP contribution in [0.25, 0.3) is 21.7 Å². The van der Waals surface area contributed by atoms with Crippen molar-refractivity contribution in [1.82, 2.24) is 80.4 Å². The molecule has 0 aliphatic rings. The molecule has 0 saturated carbocycles. The second kappa shape index (κ2) is 26.7. The first kappa shape index (κ1) is 50.7. The van der Waals surface area contributed by atoms with Crippen LogP contribution in [0.3, 0.4) is 0 Å². The Morgan fingerprint density at radius 2 is 0.875 bits per heavy atom. The fraction of sp³-hybridized carbons (Fsp3) is 0.292. The van der Waals surface area contributed by atoms with Gasteiger partial charge >= 0.3 is 0 Å². The zero-order valence-electron chi connectivity index (χ0n) is 39.4. The average Bonchev–Trinajstić information content (AvgIpc) is 3.22. The second-order valence-electron chi connectivity index (χ2n) is 14.3. The normalized spacial score (nSPS) is 9.72. The number of nitrogens with zero attached hydrogens (tertiary/aromatic N) is 16. The third kappa shape index (κ3) is 19.8. The minimum atomic E-state index is 0.664. The van der Waals surface area contributed by atoms with E-state index < -0.39 is 0 Å². The Hall–Kier alpha value is -7.62. The highest BCUT2D eigenvalue weighted by Gasteiger charge is 1.99. The molecular formula is C48H58N16. The maximum Gasteiger partial charge on any atom is 0.151 e. The van der Waals surface area contributed by atoms with Crippen LogP contribution in [0.15, 0.2) is 97.6 Å². The van der Waals surface area contributed by atoms with E-state index in [1.165, 1.54) is 17.1 Å². The smallest absolute Gasteiger partial charge is 0.151 e. The topological polar surface area (TPSA) is 206 Å². The van der Waals surface area contributed by atoms with Crippen LogP contribution in [0.5, 0.6) is 0 Å². The molecule has 7 heterocycles. The van der Waals surface area contributed by atoms with E-state index in [9.17, 15) is 0 Å². The second-order valence-corrected chi connectivity index (χ2v) is 14.3. The maximum atomic E-state index is 4.40. The van der Waals surface area contributed by atoms with Gasteiger partial charge in [-0.2, -0.15) is 5.10 Å². The number of aromatic nitrogens is 16. The molecule has 0 amide bonds. The number of fused-ring (bicyclic) bond motifs is 2. The molecule has 0 unspecified atom stereocenters. The Morgan fingerprint density at radius 1 is 0.344 bits per heavy atom. The Kier molecular flexibility index (Phi) is 21.1. The van der Waals surface area contributed by atoms with Gasteiger partial charge in [0.25, 0.3) is 0 Å². The number of benzene rings is 2. The van der Waals surface area contributed by atoms with Crippen LogP contribution in [0.4, 0.5) is 0 Å². The largest absolute Gasteiger partial charge is 0.258 e. The number of rotatable bonds is 0. The zero-order valence-corrected chi connectivity index (χ0v) is 39.4. The first-order valence-electron chi connectivity index (χ1n) is 20.4. The highest BCUT2D eigenvalue weighted by atomic mass is 15.3. The number of para-hydroxylation sites is 1. The van der Waals surface area contributed by atoms with Crippen molar-refractivity contribution in [3.8, 4) is 0 Å². The number of hydrogen-bond acceptors (Lipinski definition) is 16. The Balaban J connectivity index is 0.000000200. The van der Waals surface area contributed by atoms with Crippen LogP contribution in [0, 0.1) is 96.9 Å². The van der Waals surface area contributed by atoms with E-state index in [0.29, 0.717) is 11.6 Å². The molecule has 0 aliphatic carbocycles. The van der Waals surface area contributed by atoms with Crippen LogP contribution in [0.1, 0.15) is 80.6 Å². The van der Waals surface area contributed by atoms with Gasteiger partial charge in [-0.3, -0.25) is 9.97 Å². The zero-order chi connectivity index (χ0) is 47.0. The summed E-state index contributed by atoms with van der Waals surface area (Å²) in [7, 11) is 0. The highest BCUT2D eigenvalue weighted by Crippen LogP contribution is 2.17. The molecule has 0 N–H and O–H groups in total. The summed E-state index contributed by atoms with van der Waals surface area (Å²) in [6, 6.07) is 26.4. The quantitative estimate of drug-likeness (QED) is 0.140. The monoisotopic (exact) mass is 859 g/mol. The van der Waals surface area contributed by atoms with Crippen LogP contribution in [-0.4, -0.2) is 80.4 Å². The molecule has 0 radical (unpaired) electrons. The third-order valence-electron chi connectivity index (χ3n) is 8.21. The van der Waals surface area contributed by atoms with Gasteiger partial charge in [0, 0.05) is 51.1 Å². The summed E-state index contributed by atoms with van der Waals surface area (Å²) < 4.78 is 0. The Morgan fingerprint density at radius 3 is 1.36 bits per heavy atom. The lowest BCUT2D eigenvalue weighted by Crippen LogP contribution is -1.96. The summed E-state index contributed by atoms with van der Waals surface area (Å²) in [6.07, 6.45) is 4.91. The van der Waals surface area contributed by atoms with Crippen LogP contribution in [0.2, 0.25) is 0 Å². The molecule has 0 aliphatic heterocycles. The van der Waals surface area contributed by atoms with Crippen LogP contribution < -0.4 is 0 Å². The van der Waals surface area contributed by atoms with E-state index in [0.717, 1.165) is 79.9 Å². The van der Waals surface area contributed by atoms with Gasteiger partial charge in [0.2, 0.25) is 0 Å². The SMILES string of the molecule is Cc1cc2ccccc2c(C)n1.Cc1cccc(C)n1.Cc1ccnc(C)n1.Cc1cnnc(C)n1.Cc1nc(C)c2ccccc2n1.Cc1ncnc(C)n1.Cc1nnnc(C)n1. The van der Waals surface area contributed by atoms with Gasteiger partial charge in [-0.25, -0.2) is 44.9 Å². The third-order valence-corrected chi connectivity index (χ3v) is 8.21. The predicted molar refractivity (Wildman–Crippen MR) is 251 cm³/mol. The number of hydrogen-bond donors (Lipinski definition) is 0. The van der Waals surface area contributed by atoms with Crippen molar-refractivity contribution in [2.75, 3.05) is 0 Å². The van der Waals surface area contributed by atoms with Gasteiger partial charge in [-0.05, 0) is 138 Å². The standard InChI is InChI=1S/C11H11N.C10H10N2.C7H9N.C6H8N2.2C5H7N3.C4H6N4/c1-8-7-10-5-3-4-6-11(10)9(2)12-8;1-7-9-5-3-4-6-10(9)12-8(2)11-7;1-6-4-3-5-7(2)8-6;1-5-3-4-7-6(2)8-5;1-4-6-3-7-5(2)8-4;1-4-3-6-8-5(2)7-4;1-3-5-4(2)7-8-6-3/h3-7H,1-2H3;3-6H,1-2H3;3-5H,1-2H3;3-4H,1-2H3;2*3H,1-2H3;1-2H3. The van der Waals surface area contributed by atoms with E-state index >= 15 is 0 Å². The van der Waals surface area contributed by atoms with Crippen LogP contribution >= 0.6 is 0 Å². The van der Waals surface area contributed by atoms with Gasteiger partial charge < -0.3 is 0 Å². The molecule has 64 heavy (non-hydrogen) atoms. The summed E-state index contributed by atoms with van der Waals surface area (Å²) in [5.74, 6) is 5.28. The lowest BCUT2D eigenvalue weighted by atomic mass is 10.1. The number of pyridine rings is 2. The molecule has 0 spiro atoms. The summed E-state index contributed by atoms with van der Waals surface area (Å²) in [5.41, 5.74) is 8.41. The molecule has 16 nitrogen and oxygen atoms in total. The molecule has 9 aromatic rings. The van der Waals surface area contributed by atoms with Gasteiger partial charge in [-0.1, -0.05) is 48.5 Å². The van der Waals surface area contributed by atoms with Crippen molar-refractivity contribution in [2.45, 2.75) is 96.9 Å². The maximum absolute atomic E-state index is 4.40. The van der Waals surface area contributed by atoms with Crippen LogP contribution in [-0.2, 0) is 0 Å². The number of aryl methyl sites for hydroxylation is 14. The minimum absolute atomic E-state index is 0.664. The van der Waals surface area contributed by atoms with Crippen molar-refractivity contribution >= 4 is 21.7 Å². The first-order valence-corrected chi connectivity index (χ1v) is 20.4. The minimum Gasteiger partial charge on any atom is -0.258 e. The molecule has 330 valence electrons. The molecule has 0 fully saturated rings. The Bertz CT molecular complexity index is 2390. The van der Waals surface area contributed by atoms with E-state index in [1.54, 1.807) is 26.2 Å². The van der Waals surface area contributed by atoms with Gasteiger partial charge in [0.15, 0.2) is 11.6 Å². The van der Waals surface area contributed by atoms with Crippen molar-refractivity contribution in [3.63, 3.8) is 0 Å². The lowest BCUT2D eigenvalue weighted by molar-refractivity contribution is 0.753. The molecular weight excluding hydrogens is 801 g/mol. The van der Waals surface area contributed by atoms with E-state index in [1.807, 2.05) is 131 Å². The molecule has 9 rings (SSSR count).